The first-order chi connectivity index (χ1) is 15.0. The van der Waals surface area contributed by atoms with E-state index in [-0.39, 0.29) is 23.8 Å². The number of hydrogen-bond donors (Lipinski definition) is 1. The topological polar surface area (TPSA) is 67.9 Å². The van der Waals surface area contributed by atoms with Crippen LogP contribution < -0.4 is 5.32 Å². The predicted molar refractivity (Wildman–Crippen MR) is 122 cm³/mol. The molecule has 0 saturated carbocycles. The van der Waals surface area contributed by atoms with E-state index in [1.807, 2.05) is 19.9 Å². The summed E-state index contributed by atoms with van der Waals surface area (Å²) in [5, 5.41) is 3.21. The largest absolute Gasteiger partial charge is 0.466 e. The number of ether oxygens (including phenoxy) is 2. The Bertz CT molecular complexity index is 667. The lowest BCUT2D eigenvalue weighted by molar-refractivity contribution is -0.149. The number of rotatable bonds is 8. The smallest absolute Gasteiger partial charge is 0.310 e. The third kappa shape index (κ3) is 7.62. The van der Waals surface area contributed by atoms with Crippen molar-refractivity contribution in [2.24, 2.45) is 23.7 Å². The van der Waals surface area contributed by atoms with Crippen molar-refractivity contribution in [1.82, 2.24) is 10.2 Å². The summed E-state index contributed by atoms with van der Waals surface area (Å²) < 4.78 is 10.2. The Hall–Kier alpha value is -1.92. The van der Waals surface area contributed by atoms with E-state index >= 15 is 0 Å². The van der Waals surface area contributed by atoms with Crippen molar-refractivity contribution >= 4 is 11.9 Å². The summed E-state index contributed by atoms with van der Waals surface area (Å²) in [5.41, 5.74) is 1.31. The van der Waals surface area contributed by atoms with Crippen molar-refractivity contribution in [1.29, 1.82) is 0 Å². The van der Waals surface area contributed by atoms with Gasteiger partial charge in [0, 0.05) is 26.2 Å². The molecular formula is C25H40N2O4. The fourth-order valence-electron chi connectivity index (χ4n) is 4.55. The molecule has 2 fully saturated rings. The van der Waals surface area contributed by atoms with E-state index in [4.69, 9.17) is 9.47 Å². The average molecular weight is 433 g/mol. The molecular weight excluding hydrogens is 392 g/mol. The molecule has 1 N–H and O–H groups in total. The van der Waals surface area contributed by atoms with E-state index in [0.29, 0.717) is 25.0 Å². The Morgan fingerprint density at radius 3 is 2.06 bits per heavy atom. The number of hydrogen-bond acceptors (Lipinski definition) is 6. The predicted octanol–water partition coefficient (Wildman–Crippen LogP) is 3.50. The van der Waals surface area contributed by atoms with E-state index in [2.05, 4.69) is 48.3 Å². The zero-order valence-corrected chi connectivity index (χ0v) is 19.6. The maximum Gasteiger partial charge on any atom is 0.310 e. The van der Waals surface area contributed by atoms with Crippen LogP contribution in [0.3, 0.4) is 0 Å². The van der Waals surface area contributed by atoms with Crippen LogP contribution in [0.25, 0.3) is 0 Å². The van der Waals surface area contributed by atoms with Gasteiger partial charge in [0.05, 0.1) is 25.0 Å². The zero-order valence-electron chi connectivity index (χ0n) is 19.6. The van der Waals surface area contributed by atoms with Gasteiger partial charge in [-0.25, -0.2) is 0 Å². The molecule has 6 nitrogen and oxygen atoms in total. The monoisotopic (exact) mass is 432 g/mol. The highest BCUT2D eigenvalue weighted by Crippen LogP contribution is 2.28. The number of esters is 2. The van der Waals surface area contributed by atoms with Gasteiger partial charge < -0.3 is 14.8 Å². The van der Waals surface area contributed by atoms with Crippen LogP contribution >= 0.6 is 0 Å². The summed E-state index contributed by atoms with van der Waals surface area (Å²) in [6, 6.07) is 10.4. The number of carbonyl (C=O) groups is 2. The SMILES string of the molecule is CCOC(=O)C1CN(Cc2ccccc2)CC1CC.CCOC(=O)C1CNCC1CC. The molecule has 0 radical (unpaired) electrons. The molecule has 1 aromatic rings. The first-order valence-corrected chi connectivity index (χ1v) is 11.8. The Morgan fingerprint density at radius 2 is 1.48 bits per heavy atom. The molecule has 2 aliphatic heterocycles. The maximum absolute atomic E-state index is 12.0. The summed E-state index contributed by atoms with van der Waals surface area (Å²) in [5.74, 6) is 0.995. The molecule has 2 heterocycles. The molecule has 2 saturated heterocycles. The lowest BCUT2D eigenvalue weighted by atomic mass is 9.94. The van der Waals surface area contributed by atoms with E-state index in [0.717, 1.165) is 45.6 Å². The van der Waals surface area contributed by atoms with Crippen LogP contribution in [0.15, 0.2) is 30.3 Å². The molecule has 2 aliphatic rings. The van der Waals surface area contributed by atoms with E-state index in [1.54, 1.807) is 0 Å². The Balaban J connectivity index is 0.000000245. The van der Waals surface area contributed by atoms with E-state index in [9.17, 15) is 9.59 Å². The fourth-order valence-corrected chi connectivity index (χ4v) is 4.55. The van der Waals surface area contributed by atoms with Crippen LogP contribution in [0, 0.1) is 23.7 Å². The summed E-state index contributed by atoms with van der Waals surface area (Å²) in [4.78, 5) is 25.7. The highest BCUT2D eigenvalue weighted by molar-refractivity contribution is 5.74. The third-order valence-corrected chi connectivity index (χ3v) is 6.33. The summed E-state index contributed by atoms with van der Waals surface area (Å²) >= 11 is 0. The van der Waals surface area contributed by atoms with Crippen molar-refractivity contribution < 1.29 is 19.1 Å². The second kappa shape index (κ2) is 13.5. The van der Waals surface area contributed by atoms with Crippen LogP contribution in [-0.4, -0.2) is 56.2 Å². The minimum Gasteiger partial charge on any atom is -0.466 e. The molecule has 0 bridgehead atoms. The number of nitrogens with zero attached hydrogens (tertiary/aromatic N) is 1. The highest BCUT2D eigenvalue weighted by atomic mass is 16.5. The number of carbonyl (C=O) groups excluding carboxylic acids is 2. The standard InChI is InChI=1S/C16H23NO2.C9H17NO2/c1-3-14-11-17(10-13-8-6-5-7-9-13)12-15(14)16(18)19-4-2;1-3-7-5-10-6-8(7)9(11)12-4-2/h5-9,14-15H,3-4,10-12H2,1-2H3;7-8,10H,3-6H2,1-2H3. The van der Waals surface area contributed by atoms with Crippen LogP contribution in [0.4, 0.5) is 0 Å². The van der Waals surface area contributed by atoms with Gasteiger partial charge in [0.2, 0.25) is 0 Å². The van der Waals surface area contributed by atoms with Crippen LogP contribution in [-0.2, 0) is 25.6 Å². The van der Waals surface area contributed by atoms with Gasteiger partial charge >= 0.3 is 11.9 Å². The third-order valence-electron chi connectivity index (χ3n) is 6.33. The molecule has 0 aromatic heterocycles. The quantitative estimate of drug-likeness (QED) is 0.634. The lowest BCUT2D eigenvalue weighted by Crippen LogP contribution is -2.25. The Morgan fingerprint density at radius 1 is 0.871 bits per heavy atom. The molecule has 4 unspecified atom stereocenters. The average Bonchev–Trinajstić information content (AvgIpc) is 3.42. The lowest BCUT2D eigenvalue weighted by Gasteiger charge is -2.15. The molecule has 0 amide bonds. The molecule has 1 aromatic carbocycles. The Kier molecular flexibility index (Phi) is 11.0. The molecule has 0 spiro atoms. The molecule has 0 aliphatic carbocycles. The first-order valence-electron chi connectivity index (χ1n) is 11.8. The van der Waals surface area contributed by atoms with Crippen molar-refractivity contribution in [3.63, 3.8) is 0 Å². The van der Waals surface area contributed by atoms with Crippen molar-refractivity contribution in [3.05, 3.63) is 35.9 Å². The van der Waals surface area contributed by atoms with Gasteiger partial charge in [-0.3, -0.25) is 14.5 Å². The second-order valence-corrected chi connectivity index (χ2v) is 8.39. The molecule has 31 heavy (non-hydrogen) atoms. The molecule has 6 heteroatoms. The number of benzene rings is 1. The molecule has 174 valence electrons. The van der Waals surface area contributed by atoms with E-state index < -0.39 is 0 Å². The van der Waals surface area contributed by atoms with Gasteiger partial charge in [-0.05, 0) is 37.8 Å². The maximum atomic E-state index is 12.0. The van der Waals surface area contributed by atoms with Crippen LogP contribution in [0.1, 0.15) is 46.1 Å². The van der Waals surface area contributed by atoms with Gasteiger partial charge in [0.15, 0.2) is 0 Å². The second-order valence-electron chi connectivity index (χ2n) is 8.39. The van der Waals surface area contributed by atoms with Crippen LogP contribution in [0.2, 0.25) is 0 Å². The molecule has 3 rings (SSSR count). The van der Waals surface area contributed by atoms with Crippen LogP contribution in [0.5, 0.6) is 0 Å². The summed E-state index contributed by atoms with van der Waals surface area (Å²) in [6.45, 7) is 13.4. The number of nitrogens with one attached hydrogen (secondary N) is 1. The van der Waals surface area contributed by atoms with Crippen molar-refractivity contribution in [2.45, 2.75) is 47.1 Å². The van der Waals surface area contributed by atoms with E-state index in [1.165, 1.54) is 5.56 Å². The number of likely N-dealkylation sites (tertiary alicyclic amines) is 1. The zero-order chi connectivity index (χ0) is 22.6. The van der Waals surface area contributed by atoms with Gasteiger partial charge in [-0.1, -0.05) is 57.0 Å². The Labute approximate surface area is 187 Å². The van der Waals surface area contributed by atoms with Crippen molar-refractivity contribution in [2.75, 3.05) is 39.4 Å². The first kappa shape index (κ1) is 25.3. The van der Waals surface area contributed by atoms with Gasteiger partial charge in [0.1, 0.15) is 0 Å². The fraction of sp³-hybridized carbons (Fsp3) is 0.680. The van der Waals surface area contributed by atoms with Gasteiger partial charge in [-0.15, -0.1) is 0 Å². The van der Waals surface area contributed by atoms with Gasteiger partial charge in [-0.2, -0.15) is 0 Å². The summed E-state index contributed by atoms with van der Waals surface area (Å²) in [6.07, 6.45) is 2.09. The normalized spacial score (nSPS) is 25.5. The minimum atomic E-state index is -0.0330. The molecule has 4 atom stereocenters. The van der Waals surface area contributed by atoms with Gasteiger partial charge in [0.25, 0.3) is 0 Å². The van der Waals surface area contributed by atoms with Crippen molar-refractivity contribution in [3.8, 4) is 0 Å². The highest BCUT2D eigenvalue weighted by Gasteiger charge is 2.37. The summed E-state index contributed by atoms with van der Waals surface area (Å²) in [7, 11) is 0. The minimum absolute atomic E-state index is 0.0232.